The molecular formula is C27H44N2O6Si2. The Hall–Kier alpha value is -1.80. The summed E-state index contributed by atoms with van der Waals surface area (Å²) in [5, 5.41) is 19.2. The van der Waals surface area contributed by atoms with E-state index in [9.17, 15) is 9.90 Å². The van der Waals surface area contributed by atoms with E-state index >= 15 is 0 Å². The molecule has 10 heteroatoms. The maximum absolute atomic E-state index is 12.3. The SMILES string of the molecule is CO[Si](CCCOCC(O)CNc1ccc([C@@H](C)NC(=O)C2CC2)c2ccccc12)(OC)O[Si](C)(C)C. The van der Waals surface area contributed by atoms with E-state index in [4.69, 9.17) is 17.7 Å². The van der Waals surface area contributed by atoms with Gasteiger partial charge in [-0.2, -0.15) is 0 Å². The highest BCUT2D eigenvalue weighted by Crippen LogP contribution is 2.33. The molecule has 1 saturated carbocycles. The molecule has 206 valence electrons. The van der Waals surface area contributed by atoms with Crippen LogP contribution in [0.25, 0.3) is 10.8 Å². The van der Waals surface area contributed by atoms with Gasteiger partial charge in [0.25, 0.3) is 0 Å². The van der Waals surface area contributed by atoms with Crippen LogP contribution < -0.4 is 10.6 Å². The van der Waals surface area contributed by atoms with Crippen LogP contribution in [0, 0.1) is 5.92 Å². The fourth-order valence-corrected chi connectivity index (χ4v) is 10.4. The fourth-order valence-electron chi connectivity index (χ4n) is 4.39. The third-order valence-electron chi connectivity index (χ3n) is 6.42. The lowest BCUT2D eigenvalue weighted by Crippen LogP contribution is -2.51. The topological polar surface area (TPSA) is 98.3 Å². The molecule has 1 fully saturated rings. The molecule has 2 aromatic rings. The molecule has 8 nitrogen and oxygen atoms in total. The number of aliphatic hydroxyl groups is 1. The molecule has 3 N–H and O–H groups in total. The summed E-state index contributed by atoms with van der Waals surface area (Å²) in [6, 6.07) is 12.8. The van der Waals surface area contributed by atoms with Gasteiger partial charge in [0.2, 0.25) is 5.91 Å². The second kappa shape index (κ2) is 13.3. The molecule has 0 saturated heterocycles. The molecule has 1 aliphatic carbocycles. The number of carbonyl (C=O) groups is 1. The Morgan fingerprint density at radius 1 is 1.08 bits per heavy atom. The maximum Gasteiger partial charge on any atom is 0.490 e. The van der Waals surface area contributed by atoms with Gasteiger partial charge in [-0.25, -0.2) is 0 Å². The van der Waals surface area contributed by atoms with Gasteiger partial charge < -0.3 is 33.4 Å². The van der Waals surface area contributed by atoms with Crippen LogP contribution in [0.5, 0.6) is 0 Å². The third-order valence-corrected chi connectivity index (χ3v) is 12.3. The standard InChI is InChI=1S/C27H44N2O6Si2/c1-20(29-27(31)21-12-13-21)23-14-15-26(25-11-8-7-10-24(23)25)28-18-22(30)19-34-16-9-17-37(32-2,33-3)35-36(4,5)6/h7-8,10-11,14-15,20-22,28,30H,9,12-13,16-19H2,1-6H3,(H,29,31)/t20-,22?/m1/s1. The number of rotatable bonds is 16. The first-order valence-electron chi connectivity index (χ1n) is 13.2. The monoisotopic (exact) mass is 548 g/mol. The van der Waals surface area contributed by atoms with E-state index in [1.807, 2.05) is 25.1 Å². The molecule has 0 radical (unpaired) electrons. The molecule has 1 aliphatic rings. The van der Waals surface area contributed by atoms with Crippen LogP contribution in [0.2, 0.25) is 25.7 Å². The van der Waals surface area contributed by atoms with E-state index in [0.717, 1.165) is 41.3 Å². The highest BCUT2D eigenvalue weighted by Gasteiger charge is 2.42. The zero-order valence-corrected chi connectivity index (χ0v) is 25.1. The number of benzene rings is 2. The maximum atomic E-state index is 12.3. The normalized spacial score (nSPS) is 16.0. The van der Waals surface area contributed by atoms with Crippen molar-refractivity contribution in [3.05, 3.63) is 42.0 Å². The zero-order chi connectivity index (χ0) is 27.1. The first-order valence-corrected chi connectivity index (χ1v) is 18.5. The van der Waals surface area contributed by atoms with Gasteiger partial charge in [0.15, 0.2) is 8.32 Å². The fraction of sp³-hybridized carbons (Fsp3) is 0.593. The van der Waals surface area contributed by atoms with E-state index < -0.39 is 23.2 Å². The Kier molecular flexibility index (Phi) is 10.7. The summed E-state index contributed by atoms with van der Waals surface area (Å²) in [6.07, 6.45) is 2.06. The number of aliphatic hydroxyl groups excluding tert-OH is 1. The van der Waals surface area contributed by atoms with Crippen molar-refractivity contribution in [2.24, 2.45) is 5.92 Å². The van der Waals surface area contributed by atoms with E-state index in [1.54, 1.807) is 14.2 Å². The van der Waals surface area contributed by atoms with Crippen molar-refractivity contribution in [3.8, 4) is 0 Å². The molecule has 3 rings (SSSR count). The molecule has 1 unspecified atom stereocenters. The van der Waals surface area contributed by atoms with Crippen LogP contribution >= 0.6 is 0 Å². The van der Waals surface area contributed by atoms with Crippen LogP contribution in [-0.2, 0) is 22.5 Å². The molecule has 2 aromatic carbocycles. The van der Waals surface area contributed by atoms with Crippen molar-refractivity contribution in [2.75, 3.05) is 39.3 Å². The predicted octanol–water partition coefficient (Wildman–Crippen LogP) is 4.69. The number of hydrogen-bond donors (Lipinski definition) is 3. The predicted molar refractivity (Wildman–Crippen MR) is 152 cm³/mol. The second-order valence-electron chi connectivity index (χ2n) is 10.8. The molecule has 37 heavy (non-hydrogen) atoms. The molecule has 0 bridgehead atoms. The Morgan fingerprint density at radius 2 is 1.76 bits per heavy atom. The van der Waals surface area contributed by atoms with Crippen molar-refractivity contribution < 1.29 is 27.6 Å². The largest absolute Gasteiger partial charge is 0.490 e. The number of amides is 1. The smallest absolute Gasteiger partial charge is 0.416 e. The molecule has 0 aromatic heterocycles. The summed E-state index contributed by atoms with van der Waals surface area (Å²) in [5.41, 5.74) is 2.03. The van der Waals surface area contributed by atoms with Crippen molar-refractivity contribution in [3.63, 3.8) is 0 Å². The van der Waals surface area contributed by atoms with Gasteiger partial charge in [0.1, 0.15) is 0 Å². The lowest BCUT2D eigenvalue weighted by molar-refractivity contribution is -0.122. The number of hydrogen-bond acceptors (Lipinski definition) is 7. The van der Waals surface area contributed by atoms with E-state index in [2.05, 4.69) is 48.5 Å². The quantitative estimate of drug-likeness (QED) is 0.207. The average Bonchev–Trinajstić information content (AvgIpc) is 3.71. The van der Waals surface area contributed by atoms with Gasteiger partial charge in [0, 0.05) is 50.4 Å². The number of ether oxygens (including phenoxy) is 1. The van der Waals surface area contributed by atoms with E-state index in [-0.39, 0.29) is 24.5 Å². The molecule has 2 atom stereocenters. The van der Waals surface area contributed by atoms with Crippen molar-refractivity contribution in [2.45, 2.75) is 64.0 Å². The summed E-state index contributed by atoms with van der Waals surface area (Å²) in [5.74, 6) is 0.324. The van der Waals surface area contributed by atoms with Crippen molar-refractivity contribution in [1.82, 2.24) is 5.32 Å². The van der Waals surface area contributed by atoms with Gasteiger partial charge in [-0.05, 0) is 62.8 Å². The Morgan fingerprint density at radius 3 is 2.38 bits per heavy atom. The second-order valence-corrected chi connectivity index (χ2v) is 18.5. The van der Waals surface area contributed by atoms with Crippen LogP contribution in [0.15, 0.2) is 36.4 Å². The average molecular weight is 549 g/mol. The summed E-state index contributed by atoms with van der Waals surface area (Å²) in [4.78, 5) is 12.3. The van der Waals surface area contributed by atoms with E-state index in [1.165, 1.54) is 0 Å². The van der Waals surface area contributed by atoms with Gasteiger partial charge in [-0.3, -0.25) is 4.79 Å². The number of anilines is 1. The summed E-state index contributed by atoms with van der Waals surface area (Å²) >= 11 is 0. The summed E-state index contributed by atoms with van der Waals surface area (Å²) in [6.45, 7) is 9.49. The van der Waals surface area contributed by atoms with Crippen LogP contribution in [-0.4, -0.2) is 68.2 Å². The number of nitrogens with one attached hydrogen (secondary N) is 2. The van der Waals surface area contributed by atoms with Crippen LogP contribution in [0.4, 0.5) is 5.69 Å². The van der Waals surface area contributed by atoms with Crippen molar-refractivity contribution >= 4 is 39.5 Å². The Labute approximate surface area is 223 Å². The van der Waals surface area contributed by atoms with Crippen molar-refractivity contribution in [1.29, 1.82) is 0 Å². The Bertz CT molecular complexity index is 1020. The molecule has 0 heterocycles. The summed E-state index contributed by atoms with van der Waals surface area (Å²) in [7, 11) is -1.19. The first-order chi connectivity index (χ1) is 17.6. The molecule has 0 spiro atoms. The highest BCUT2D eigenvalue weighted by molar-refractivity contribution is 6.79. The van der Waals surface area contributed by atoms with Gasteiger partial charge in [-0.15, -0.1) is 0 Å². The lowest BCUT2D eigenvalue weighted by atomic mass is 9.98. The van der Waals surface area contributed by atoms with Gasteiger partial charge in [-0.1, -0.05) is 30.3 Å². The summed E-state index contributed by atoms with van der Waals surface area (Å²) < 4.78 is 23.3. The number of fused-ring (bicyclic) bond motifs is 1. The first kappa shape index (κ1) is 29.8. The van der Waals surface area contributed by atoms with Crippen LogP contribution in [0.3, 0.4) is 0 Å². The molecular weight excluding hydrogens is 504 g/mol. The van der Waals surface area contributed by atoms with Gasteiger partial charge in [0.05, 0.1) is 18.8 Å². The molecule has 0 aliphatic heterocycles. The zero-order valence-electron chi connectivity index (χ0n) is 23.1. The lowest BCUT2D eigenvalue weighted by Gasteiger charge is -2.33. The molecule has 1 amide bonds. The minimum absolute atomic E-state index is 0.0693. The minimum atomic E-state index is -2.68. The third kappa shape index (κ3) is 8.88. The minimum Gasteiger partial charge on any atom is -0.416 e. The van der Waals surface area contributed by atoms with E-state index in [0.29, 0.717) is 19.2 Å². The number of carbonyl (C=O) groups excluding carboxylic acids is 1. The Balaban J connectivity index is 1.49. The van der Waals surface area contributed by atoms with Crippen LogP contribution in [0.1, 0.15) is 37.8 Å². The highest BCUT2D eigenvalue weighted by atomic mass is 28.5. The van der Waals surface area contributed by atoms with Gasteiger partial charge >= 0.3 is 8.80 Å².